The second kappa shape index (κ2) is 8.09. The summed E-state index contributed by atoms with van der Waals surface area (Å²) in [6, 6.07) is 14.0. The quantitative estimate of drug-likeness (QED) is 0.759. The van der Waals surface area contributed by atoms with Crippen LogP contribution in [0.4, 0.5) is 10.5 Å². The Kier molecular flexibility index (Phi) is 6.09. The molecule has 0 heterocycles. The minimum atomic E-state index is -0.552. The molecule has 0 unspecified atom stereocenters. The van der Waals surface area contributed by atoms with Gasteiger partial charge < -0.3 is 10.1 Å². The molecule has 2 aromatic rings. The Bertz CT molecular complexity index is 780. The van der Waals surface area contributed by atoms with Crippen LogP contribution < -0.4 is 10.6 Å². The molecule has 0 fully saturated rings. The number of alkyl carbamates (subject to hydrolysis) is 1. The van der Waals surface area contributed by atoms with Crippen molar-refractivity contribution >= 4 is 17.5 Å². The second-order valence-corrected chi connectivity index (χ2v) is 7.47. The van der Waals surface area contributed by atoms with Crippen LogP contribution >= 0.6 is 0 Å². The van der Waals surface area contributed by atoms with E-state index in [9.17, 15) is 4.79 Å². The fourth-order valence-electron chi connectivity index (χ4n) is 2.77. The Labute approximate surface area is 156 Å². The van der Waals surface area contributed by atoms with E-state index >= 15 is 0 Å². The van der Waals surface area contributed by atoms with E-state index in [1.54, 1.807) is 0 Å². The molecule has 0 aliphatic rings. The fourth-order valence-corrected chi connectivity index (χ4v) is 2.77. The van der Waals surface area contributed by atoms with Crippen molar-refractivity contribution in [3.05, 3.63) is 70.9 Å². The van der Waals surface area contributed by atoms with E-state index in [0.717, 1.165) is 22.4 Å². The molecule has 0 aliphatic heterocycles. The number of carbonyl (C=O) groups excluding carboxylic acids is 1. The van der Waals surface area contributed by atoms with Gasteiger partial charge in [0.1, 0.15) is 5.60 Å². The topological polar surface area (TPSA) is 50.4 Å². The van der Waals surface area contributed by atoms with Crippen molar-refractivity contribution in [1.29, 1.82) is 0 Å². The number of hydrogen-bond donors (Lipinski definition) is 2. The zero-order valence-electron chi connectivity index (χ0n) is 16.4. The zero-order valence-corrected chi connectivity index (χ0v) is 16.4. The van der Waals surface area contributed by atoms with Crippen LogP contribution in [-0.2, 0) is 4.74 Å². The van der Waals surface area contributed by atoms with Gasteiger partial charge in [0.25, 0.3) is 0 Å². The minimum absolute atomic E-state index is 0.480. The van der Waals surface area contributed by atoms with Crippen LogP contribution in [0, 0.1) is 20.8 Å². The lowest BCUT2D eigenvalue weighted by Gasteiger charge is -2.21. The summed E-state index contributed by atoms with van der Waals surface area (Å²) in [4.78, 5) is 12.2. The first-order valence-electron chi connectivity index (χ1n) is 8.76. The van der Waals surface area contributed by atoms with E-state index in [-0.39, 0.29) is 0 Å². The monoisotopic (exact) mass is 352 g/mol. The number of aryl methyl sites for hydroxylation is 3. The van der Waals surface area contributed by atoms with Crippen LogP contribution in [0.5, 0.6) is 0 Å². The predicted molar refractivity (Wildman–Crippen MR) is 108 cm³/mol. The molecule has 0 saturated carbocycles. The summed E-state index contributed by atoms with van der Waals surface area (Å²) in [5.74, 6) is 0. The third kappa shape index (κ3) is 5.66. The molecular weight excluding hydrogens is 324 g/mol. The Morgan fingerprint density at radius 3 is 2.12 bits per heavy atom. The Balaban J connectivity index is 2.30. The van der Waals surface area contributed by atoms with Gasteiger partial charge in [-0.2, -0.15) is 0 Å². The van der Waals surface area contributed by atoms with Gasteiger partial charge in [0.2, 0.25) is 0 Å². The molecule has 26 heavy (non-hydrogen) atoms. The molecule has 0 radical (unpaired) electrons. The van der Waals surface area contributed by atoms with Crippen molar-refractivity contribution in [3.8, 4) is 0 Å². The van der Waals surface area contributed by atoms with Gasteiger partial charge in [0.15, 0.2) is 0 Å². The number of benzene rings is 2. The molecule has 0 aromatic heterocycles. The van der Waals surface area contributed by atoms with Gasteiger partial charge in [-0.05, 0) is 58.2 Å². The highest BCUT2D eigenvalue weighted by Gasteiger charge is 2.17. The number of carbonyl (C=O) groups is 1. The smallest absolute Gasteiger partial charge is 0.412 e. The highest BCUT2D eigenvalue weighted by Crippen LogP contribution is 2.23. The molecule has 0 aliphatic carbocycles. The summed E-state index contributed by atoms with van der Waals surface area (Å²) in [6.07, 6.45) is 1.33. The van der Waals surface area contributed by atoms with Crippen LogP contribution in [0.25, 0.3) is 5.70 Å². The molecule has 2 rings (SSSR count). The third-order valence-electron chi connectivity index (χ3n) is 3.76. The van der Waals surface area contributed by atoms with Gasteiger partial charge in [-0.25, -0.2) is 4.79 Å². The van der Waals surface area contributed by atoms with Gasteiger partial charge in [-0.3, -0.25) is 5.32 Å². The van der Waals surface area contributed by atoms with Crippen molar-refractivity contribution in [1.82, 2.24) is 5.32 Å². The predicted octanol–water partition coefficient (Wildman–Crippen LogP) is 5.55. The highest BCUT2D eigenvalue weighted by molar-refractivity contribution is 5.83. The molecule has 138 valence electrons. The largest absolute Gasteiger partial charge is 0.444 e. The first kappa shape index (κ1) is 19.6. The Morgan fingerprint density at radius 1 is 1.00 bits per heavy atom. The van der Waals surface area contributed by atoms with Crippen molar-refractivity contribution < 1.29 is 9.53 Å². The van der Waals surface area contributed by atoms with Crippen LogP contribution in [0.15, 0.2) is 48.7 Å². The zero-order chi connectivity index (χ0) is 19.3. The van der Waals surface area contributed by atoms with Gasteiger partial charge in [0.05, 0.1) is 5.70 Å². The fraction of sp³-hybridized carbons (Fsp3) is 0.318. The number of rotatable bonds is 4. The van der Waals surface area contributed by atoms with Crippen molar-refractivity contribution in [3.63, 3.8) is 0 Å². The first-order valence-corrected chi connectivity index (χ1v) is 8.76. The maximum atomic E-state index is 12.2. The van der Waals surface area contributed by atoms with E-state index in [2.05, 4.69) is 43.5 Å². The molecule has 2 aromatic carbocycles. The molecule has 0 bridgehead atoms. The first-order chi connectivity index (χ1) is 12.2. The highest BCUT2D eigenvalue weighted by atomic mass is 16.6. The molecule has 1 amide bonds. The van der Waals surface area contributed by atoms with E-state index in [0.29, 0.717) is 5.70 Å². The van der Waals surface area contributed by atoms with Crippen LogP contribution in [0.2, 0.25) is 0 Å². The molecular formula is C22H28N2O2. The third-order valence-corrected chi connectivity index (χ3v) is 3.76. The SMILES string of the molecule is Cc1cc(C)c(N/C=C(\NC(=O)OC(C)(C)C)c2ccccc2)c(C)c1. The van der Waals surface area contributed by atoms with Crippen LogP contribution in [-0.4, -0.2) is 11.7 Å². The average Bonchev–Trinajstić information content (AvgIpc) is 2.51. The molecule has 4 heteroatoms. The van der Waals surface area contributed by atoms with Crippen LogP contribution in [0.3, 0.4) is 0 Å². The van der Waals surface area contributed by atoms with E-state index in [1.165, 1.54) is 5.56 Å². The summed E-state index contributed by atoms with van der Waals surface area (Å²) in [7, 11) is 0. The molecule has 4 nitrogen and oxygen atoms in total. The van der Waals surface area contributed by atoms with E-state index in [1.807, 2.05) is 57.3 Å². The lowest BCUT2D eigenvalue weighted by Crippen LogP contribution is -2.31. The minimum Gasteiger partial charge on any atom is -0.444 e. The summed E-state index contributed by atoms with van der Waals surface area (Å²) >= 11 is 0. The van der Waals surface area contributed by atoms with E-state index in [4.69, 9.17) is 4.74 Å². The molecule has 0 spiro atoms. The number of nitrogens with one attached hydrogen (secondary N) is 2. The van der Waals surface area contributed by atoms with Crippen LogP contribution in [0.1, 0.15) is 43.0 Å². The van der Waals surface area contributed by atoms with Gasteiger partial charge in [-0.15, -0.1) is 0 Å². The molecule has 0 saturated heterocycles. The number of hydrogen-bond acceptors (Lipinski definition) is 3. The maximum absolute atomic E-state index is 12.2. The normalized spacial score (nSPS) is 11.8. The van der Waals surface area contributed by atoms with Gasteiger partial charge in [0, 0.05) is 11.9 Å². The lowest BCUT2D eigenvalue weighted by atomic mass is 10.1. The Morgan fingerprint density at radius 2 is 1.58 bits per heavy atom. The second-order valence-electron chi connectivity index (χ2n) is 7.47. The number of amides is 1. The van der Waals surface area contributed by atoms with Crippen molar-refractivity contribution in [2.45, 2.75) is 47.1 Å². The summed E-state index contributed by atoms with van der Waals surface area (Å²) < 4.78 is 5.39. The average molecular weight is 352 g/mol. The summed E-state index contributed by atoms with van der Waals surface area (Å²) in [6.45, 7) is 11.7. The summed E-state index contributed by atoms with van der Waals surface area (Å²) in [5, 5.41) is 6.19. The molecule has 2 N–H and O–H groups in total. The number of anilines is 1. The Hall–Kier alpha value is -2.75. The molecule has 0 atom stereocenters. The van der Waals surface area contributed by atoms with Crippen molar-refractivity contribution in [2.75, 3.05) is 5.32 Å². The maximum Gasteiger partial charge on any atom is 0.412 e. The standard InChI is InChI=1S/C22H28N2O2/c1-15-12-16(2)20(17(3)13-15)23-14-19(18-10-8-7-9-11-18)24-21(25)26-22(4,5)6/h7-14,23H,1-6H3,(H,24,25)/b19-14-. The lowest BCUT2D eigenvalue weighted by molar-refractivity contribution is 0.0558. The van der Waals surface area contributed by atoms with Crippen molar-refractivity contribution in [2.24, 2.45) is 0 Å². The summed E-state index contributed by atoms with van der Waals surface area (Å²) in [5.41, 5.74) is 5.57. The van der Waals surface area contributed by atoms with E-state index < -0.39 is 11.7 Å². The van der Waals surface area contributed by atoms with Gasteiger partial charge in [-0.1, -0.05) is 48.0 Å². The van der Waals surface area contributed by atoms with Gasteiger partial charge >= 0.3 is 6.09 Å². The number of ether oxygens (including phenoxy) is 1.